The zero-order chi connectivity index (χ0) is 24.9. The van der Waals surface area contributed by atoms with Gasteiger partial charge in [-0.25, -0.2) is 4.98 Å². The second kappa shape index (κ2) is 10.2. The van der Waals surface area contributed by atoms with Crippen LogP contribution in [0.3, 0.4) is 0 Å². The van der Waals surface area contributed by atoms with Gasteiger partial charge in [-0.3, -0.25) is 19.7 Å². The first-order valence-electron chi connectivity index (χ1n) is 11.1. The number of carbonyl (C=O) groups excluding carboxylic acids is 2. The first-order chi connectivity index (χ1) is 16.9. The third-order valence-corrected chi connectivity index (χ3v) is 5.75. The summed E-state index contributed by atoms with van der Waals surface area (Å²) in [5.74, 6) is -1.36. The molecule has 1 aliphatic heterocycles. The van der Waals surface area contributed by atoms with Crippen molar-refractivity contribution in [1.29, 1.82) is 0 Å². The molecule has 4 rings (SSSR count). The highest BCUT2D eigenvalue weighted by Gasteiger charge is 2.45. The van der Waals surface area contributed by atoms with Crippen molar-refractivity contribution < 1.29 is 24.4 Å². The molecule has 35 heavy (non-hydrogen) atoms. The number of ketones is 1. The van der Waals surface area contributed by atoms with Crippen molar-refractivity contribution >= 4 is 23.1 Å². The van der Waals surface area contributed by atoms with E-state index in [9.17, 15) is 24.8 Å². The molecule has 1 unspecified atom stereocenters. The van der Waals surface area contributed by atoms with Crippen LogP contribution in [0.4, 0.5) is 5.69 Å². The number of hydrogen-bond acceptors (Lipinski definition) is 7. The van der Waals surface area contributed by atoms with Crippen LogP contribution in [-0.4, -0.2) is 49.3 Å². The monoisotopic (exact) mass is 476 g/mol. The highest BCUT2D eigenvalue weighted by molar-refractivity contribution is 6.46. The second-order valence-corrected chi connectivity index (χ2v) is 7.96. The molecule has 10 nitrogen and oxygen atoms in total. The van der Waals surface area contributed by atoms with Crippen LogP contribution in [0, 0.1) is 10.1 Å². The molecule has 2 aromatic carbocycles. The Balaban J connectivity index is 1.74. The van der Waals surface area contributed by atoms with Crippen LogP contribution in [0.15, 0.2) is 72.8 Å². The fraction of sp³-hybridized carbons (Fsp3) is 0.240. The average molecular weight is 476 g/mol. The van der Waals surface area contributed by atoms with Gasteiger partial charge in [0.05, 0.1) is 29.5 Å². The molecule has 1 aromatic heterocycles. The normalized spacial score (nSPS) is 17.1. The van der Waals surface area contributed by atoms with E-state index in [2.05, 4.69) is 4.98 Å². The fourth-order valence-corrected chi connectivity index (χ4v) is 4.13. The number of aliphatic hydroxyl groups is 1. The number of benzene rings is 2. The molecule has 0 saturated carbocycles. The number of imidazole rings is 1. The van der Waals surface area contributed by atoms with Crippen LogP contribution in [0.2, 0.25) is 0 Å². The molecule has 1 aliphatic rings. The minimum Gasteiger partial charge on any atom is -0.507 e. The molecule has 1 N–H and O–H groups in total. The minimum atomic E-state index is -0.894. The Morgan fingerprint density at radius 3 is 2.60 bits per heavy atom. The molecular formula is C25H24N4O6. The summed E-state index contributed by atoms with van der Waals surface area (Å²) in [6.07, 6.45) is 5.65. The van der Waals surface area contributed by atoms with Crippen LogP contribution < -0.4 is 4.74 Å². The van der Waals surface area contributed by atoms with E-state index >= 15 is 0 Å². The van der Waals surface area contributed by atoms with Gasteiger partial charge in [0.15, 0.2) is 0 Å². The summed E-state index contributed by atoms with van der Waals surface area (Å²) < 4.78 is 7.35. The highest BCUT2D eigenvalue weighted by atomic mass is 16.6. The number of hydrogen-bond donors (Lipinski definition) is 1. The summed E-state index contributed by atoms with van der Waals surface area (Å²) in [5.41, 5.74) is 0.634. The Kier molecular flexibility index (Phi) is 6.91. The highest BCUT2D eigenvalue weighted by Crippen LogP contribution is 2.40. The number of aromatic nitrogens is 2. The molecule has 10 heteroatoms. The van der Waals surface area contributed by atoms with E-state index < -0.39 is 22.7 Å². The van der Waals surface area contributed by atoms with Crippen molar-refractivity contribution in [3.8, 4) is 5.75 Å². The summed E-state index contributed by atoms with van der Waals surface area (Å²) in [6.45, 7) is 3.07. The quantitative estimate of drug-likeness (QED) is 0.164. The Morgan fingerprint density at radius 1 is 1.17 bits per heavy atom. The Morgan fingerprint density at radius 2 is 1.94 bits per heavy atom. The molecule has 0 radical (unpaired) electrons. The molecule has 1 atom stereocenters. The van der Waals surface area contributed by atoms with Crippen LogP contribution in [0.5, 0.6) is 5.75 Å². The number of nitrogens with zero attached hydrogens (tertiary/aromatic N) is 4. The molecule has 0 bridgehead atoms. The maximum absolute atomic E-state index is 13.1. The average Bonchev–Trinajstić information content (AvgIpc) is 3.46. The molecule has 1 amide bonds. The SMILES string of the molecule is CCOc1cccc(/C(O)=C2\C(=O)C(=O)N(CCCn3ccnc3)C2c2ccc([N+](=O)[O-])cc2)c1. The lowest BCUT2D eigenvalue weighted by atomic mass is 9.95. The van der Waals surface area contributed by atoms with Gasteiger partial charge in [0.25, 0.3) is 17.4 Å². The van der Waals surface area contributed by atoms with E-state index in [0.717, 1.165) is 0 Å². The fourth-order valence-electron chi connectivity index (χ4n) is 4.13. The van der Waals surface area contributed by atoms with Gasteiger partial charge in [0, 0.05) is 43.2 Å². The van der Waals surface area contributed by atoms with E-state index in [1.807, 2.05) is 11.5 Å². The molecule has 180 valence electrons. The lowest BCUT2D eigenvalue weighted by Gasteiger charge is -2.25. The number of amides is 1. The topological polar surface area (TPSA) is 128 Å². The van der Waals surface area contributed by atoms with Gasteiger partial charge in [-0.1, -0.05) is 12.1 Å². The van der Waals surface area contributed by atoms with Crippen LogP contribution in [-0.2, 0) is 16.1 Å². The number of nitro benzene ring substituents is 1. The molecule has 1 fully saturated rings. The lowest BCUT2D eigenvalue weighted by Crippen LogP contribution is -2.31. The third kappa shape index (κ3) is 4.91. The van der Waals surface area contributed by atoms with Crippen molar-refractivity contribution in [3.05, 3.63) is 94.1 Å². The molecule has 3 aromatic rings. The van der Waals surface area contributed by atoms with Gasteiger partial charge < -0.3 is 19.3 Å². The zero-order valence-corrected chi connectivity index (χ0v) is 19.0. The molecular weight excluding hydrogens is 452 g/mol. The number of Topliss-reactive ketones (excluding diaryl/α,β-unsaturated/α-hetero) is 1. The summed E-state index contributed by atoms with van der Waals surface area (Å²) >= 11 is 0. The Bertz CT molecular complexity index is 1270. The van der Waals surface area contributed by atoms with Crippen molar-refractivity contribution in [2.24, 2.45) is 0 Å². The van der Waals surface area contributed by atoms with E-state index in [1.54, 1.807) is 43.0 Å². The number of non-ortho nitro benzene ring substituents is 1. The van der Waals surface area contributed by atoms with Crippen LogP contribution in [0.1, 0.15) is 30.5 Å². The van der Waals surface area contributed by atoms with Gasteiger partial charge in [0.1, 0.15) is 11.5 Å². The number of aryl methyl sites for hydroxylation is 1. The van der Waals surface area contributed by atoms with E-state index in [1.165, 1.54) is 29.2 Å². The first kappa shape index (κ1) is 23.7. The lowest BCUT2D eigenvalue weighted by molar-refractivity contribution is -0.384. The van der Waals surface area contributed by atoms with Gasteiger partial charge >= 0.3 is 0 Å². The second-order valence-electron chi connectivity index (χ2n) is 7.96. The number of aliphatic hydroxyl groups excluding tert-OH is 1. The molecule has 1 saturated heterocycles. The summed E-state index contributed by atoms with van der Waals surface area (Å²) in [5, 5.41) is 22.3. The van der Waals surface area contributed by atoms with Crippen molar-refractivity contribution in [3.63, 3.8) is 0 Å². The zero-order valence-electron chi connectivity index (χ0n) is 19.0. The number of ether oxygens (including phenoxy) is 1. The molecule has 0 spiro atoms. The first-order valence-corrected chi connectivity index (χ1v) is 11.1. The standard InChI is InChI=1S/C25H24N4O6/c1-2-35-20-6-3-5-18(15-20)23(30)21-22(17-7-9-19(10-8-17)29(33)34)28(25(32)24(21)31)13-4-12-27-14-11-26-16-27/h3,5-11,14-16,22,30H,2,4,12-13H2,1H3/b23-21+. The van der Waals surface area contributed by atoms with Crippen molar-refractivity contribution in [1.82, 2.24) is 14.5 Å². The van der Waals surface area contributed by atoms with Gasteiger partial charge in [-0.05, 0) is 43.2 Å². The summed E-state index contributed by atoms with van der Waals surface area (Å²) in [7, 11) is 0. The van der Waals surface area contributed by atoms with Gasteiger partial charge in [0.2, 0.25) is 0 Å². The van der Waals surface area contributed by atoms with Crippen molar-refractivity contribution in [2.45, 2.75) is 25.9 Å². The van der Waals surface area contributed by atoms with Crippen LogP contribution >= 0.6 is 0 Å². The van der Waals surface area contributed by atoms with E-state index in [4.69, 9.17) is 4.74 Å². The molecule has 0 aliphatic carbocycles. The maximum atomic E-state index is 13.1. The number of likely N-dealkylation sites (tertiary alicyclic amines) is 1. The number of rotatable bonds is 9. The largest absolute Gasteiger partial charge is 0.507 e. The number of carbonyl (C=O) groups is 2. The predicted octanol–water partition coefficient (Wildman–Crippen LogP) is 3.70. The third-order valence-electron chi connectivity index (χ3n) is 5.75. The summed E-state index contributed by atoms with van der Waals surface area (Å²) in [4.78, 5) is 42.2. The smallest absolute Gasteiger partial charge is 0.295 e. The Hall–Kier alpha value is -4.47. The van der Waals surface area contributed by atoms with Crippen LogP contribution in [0.25, 0.3) is 5.76 Å². The van der Waals surface area contributed by atoms with Gasteiger partial charge in [-0.2, -0.15) is 0 Å². The maximum Gasteiger partial charge on any atom is 0.295 e. The van der Waals surface area contributed by atoms with Gasteiger partial charge in [-0.15, -0.1) is 0 Å². The van der Waals surface area contributed by atoms with E-state index in [0.29, 0.717) is 36.4 Å². The van der Waals surface area contributed by atoms with E-state index in [-0.39, 0.29) is 23.6 Å². The predicted molar refractivity (Wildman–Crippen MR) is 127 cm³/mol. The minimum absolute atomic E-state index is 0.0693. The van der Waals surface area contributed by atoms with Crippen molar-refractivity contribution in [2.75, 3.05) is 13.2 Å². The number of nitro groups is 1. The Labute approximate surface area is 201 Å². The summed E-state index contributed by atoms with van der Waals surface area (Å²) in [6, 6.07) is 11.4. The molecule has 2 heterocycles.